The Labute approximate surface area is 130 Å². The maximum atomic E-state index is 13.3. The number of anilines is 1. The molecular weight excluding hydrogens is 343 g/mol. The molecular formula is C14H16BrFN2O3. The van der Waals surface area contributed by atoms with E-state index >= 15 is 0 Å². The van der Waals surface area contributed by atoms with Crippen LogP contribution in [-0.2, 0) is 4.79 Å². The summed E-state index contributed by atoms with van der Waals surface area (Å²) in [6.07, 6.45) is 2.60. The van der Waals surface area contributed by atoms with Crippen LogP contribution in [0.1, 0.15) is 25.7 Å². The lowest BCUT2D eigenvalue weighted by atomic mass is 9.86. The van der Waals surface area contributed by atoms with Gasteiger partial charge in [-0.2, -0.15) is 0 Å². The minimum absolute atomic E-state index is 0.167. The van der Waals surface area contributed by atoms with Gasteiger partial charge in [0.2, 0.25) is 0 Å². The average molecular weight is 359 g/mol. The Kier molecular flexibility index (Phi) is 5.17. The van der Waals surface area contributed by atoms with Gasteiger partial charge in [-0.25, -0.2) is 9.18 Å². The van der Waals surface area contributed by atoms with Crippen LogP contribution in [0, 0.1) is 11.7 Å². The largest absolute Gasteiger partial charge is 0.481 e. The number of carbonyl (C=O) groups excluding carboxylic acids is 1. The van der Waals surface area contributed by atoms with Gasteiger partial charge in [0.05, 0.1) is 10.4 Å². The Balaban J connectivity index is 1.89. The molecule has 1 aliphatic rings. The number of urea groups is 1. The molecule has 3 N–H and O–H groups in total. The lowest BCUT2D eigenvalue weighted by Gasteiger charge is -2.27. The molecule has 21 heavy (non-hydrogen) atoms. The third-order valence-electron chi connectivity index (χ3n) is 3.54. The van der Waals surface area contributed by atoms with E-state index in [1.165, 1.54) is 12.1 Å². The minimum atomic E-state index is -0.822. The van der Waals surface area contributed by atoms with E-state index in [1.807, 2.05) is 0 Å². The number of nitrogens with one attached hydrogen (secondary N) is 2. The van der Waals surface area contributed by atoms with E-state index < -0.39 is 23.7 Å². The van der Waals surface area contributed by atoms with E-state index in [0.29, 0.717) is 23.0 Å². The summed E-state index contributed by atoms with van der Waals surface area (Å²) in [4.78, 5) is 22.8. The van der Waals surface area contributed by atoms with Crippen LogP contribution in [0.3, 0.4) is 0 Å². The first kappa shape index (κ1) is 15.8. The monoisotopic (exact) mass is 358 g/mol. The second kappa shape index (κ2) is 6.89. The highest BCUT2D eigenvalue weighted by atomic mass is 79.9. The van der Waals surface area contributed by atoms with E-state index in [4.69, 9.17) is 5.11 Å². The fraction of sp³-hybridized carbons (Fsp3) is 0.429. The van der Waals surface area contributed by atoms with Gasteiger partial charge in [-0.3, -0.25) is 4.79 Å². The van der Waals surface area contributed by atoms with Gasteiger partial charge in [-0.15, -0.1) is 0 Å². The molecule has 114 valence electrons. The van der Waals surface area contributed by atoms with Crippen LogP contribution in [0.5, 0.6) is 0 Å². The number of hydrogen-bond acceptors (Lipinski definition) is 2. The zero-order valence-electron chi connectivity index (χ0n) is 11.2. The molecule has 0 radical (unpaired) electrons. The van der Waals surface area contributed by atoms with Gasteiger partial charge in [0.1, 0.15) is 5.82 Å². The lowest BCUT2D eigenvalue weighted by Crippen LogP contribution is -2.42. The maximum Gasteiger partial charge on any atom is 0.319 e. The molecule has 5 nitrogen and oxygen atoms in total. The van der Waals surface area contributed by atoms with Gasteiger partial charge >= 0.3 is 12.0 Å². The first-order chi connectivity index (χ1) is 9.95. The minimum Gasteiger partial charge on any atom is -0.481 e. The molecule has 1 aliphatic carbocycles. The van der Waals surface area contributed by atoms with Crippen LogP contribution in [0.25, 0.3) is 0 Å². The molecule has 0 heterocycles. The Morgan fingerprint density at radius 2 is 2.10 bits per heavy atom. The topological polar surface area (TPSA) is 78.4 Å². The highest BCUT2D eigenvalue weighted by molar-refractivity contribution is 9.10. The first-order valence-electron chi connectivity index (χ1n) is 6.71. The normalized spacial score (nSPS) is 21.6. The third kappa shape index (κ3) is 4.42. The van der Waals surface area contributed by atoms with Crippen molar-refractivity contribution in [2.75, 3.05) is 5.32 Å². The number of halogens is 2. The average Bonchev–Trinajstić information content (AvgIpc) is 2.43. The zero-order valence-corrected chi connectivity index (χ0v) is 12.8. The number of rotatable bonds is 3. The number of hydrogen-bond donors (Lipinski definition) is 3. The van der Waals surface area contributed by atoms with Gasteiger partial charge in [-0.1, -0.05) is 6.42 Å². The van der Waals surface area contributed by atoms with E-state index in [9.17, 15) is 14.0 Å². The van der Waals surface area contributed by atoms with Crippen molar-refractivity contribution in [2.45, 2.75) is 31.7 Å². The molecule has 1 fully saturated rings. The Bertz CT molecular complexity index is 553. The molecule has 7 heteroatoms. The highest BCUT2D eigenvalue weighted by Gasteiger charge is 2.27. The van der Waals surface area contributed by atoms with Crippen molar-refractivity contribution in [1.29, 1.82) is 0 Å². The van der Waals surface area contributed by atoms with Gasteiger partial charge in [0.25, 0.3) is 0 Å². The number of benzene rings is 1. The van der Waals surface area contributed by atoms with Crippen molar-refractivity contribution in [1.82, 2.24) is 5.32 Å². The summed E-state index contributed by atoms with van der Waals surface area (Å²) < 4.78 is 13.7. The summed E-state index contributed by atoms with van der Waals surface area (Å²) in [7, 11) is 0. The molecule has 2 unspecified atom stereocenters. The van der Waals surface area contributed by atoms with Crippen molar-refractivity contribution in [2.24, 2.45) is 5.92 Å². The van der Waals surface area contributed by atoms with Gasteiger partial charge in [-0.05, 0) is 53.4 Å². The summed E-state index contributed by atoms with van der Waals surface area (Å²) in [6.45, 7) is 0. The standard InChI is InChI=1S/C14H16BrFN2O3/c15-11-5-4-10(7-12(11)16)18-14(21)17-9-3-1-2-8(6-9)13(19)20/h4-5,7-9H,1-3,6H2,(H,19,20)(H2,17,18,21). The molecule has 2 rings (SSSR count). The number of aliphatic carboxylic acids is 1. The fourth-order valence-corrected chi connectivity index (χ4v) is 2.72. The smallest absolute Gasteiger partial charge is 0.319 e. The molecule has 0 spiro atoms. The Morgan fingerprint density at radius 1 is 1.33 bits per heavy atom. The summed E-state index contributed by atoms with van der Waals surface area (Å²) >= 11 is 3.04. The van der Waals surface area contributed by atoms with E-state index in [2.05, 4.69) is 26.6 Å². The fourth-order valence-electron chi connectivity index (χ4n) is 2.47. The quantitative estimate of drug-likeness (QED) is 0.775. The van der Waals surface area contributed by atoms with Crippen LogP contribution in [-0.4, -0.2) is 23.1 Å². The van der Waals surface area contributed by atoms with E-state index in [0.717, 1.165) is 12.8 Å². The molecule has 0 bridgehead atoms. The summed E-state index contributed by atoms with van der Waals surface area (Å²) in [5, 5.41) is 14.3. The summed E-state index contributed by atoms with van der Waals surface area (Å²) in [5.41, 5.74) is 0.346. The van der Waals surface area contributed by atoms with Crippen LogP contribution in [0.4, 0.5) is 14.9 Å². The summed E-state index contributed by atoms with van der Waals surface area (Å²) in [5.74, 6) is -1.69. The zero-order chi connectivity index (χ0) is 15.4. The Morgan fingerprint density at radius 3 is 2.76 bits per heavy atom. The highest BCUT2D eigenvalue weighted by Crippen LogP contribution is 2.24. The molecule has 0 aliphatic heterocycles. The van der Waals surface area contributed by atoms with Crippen molar-refractivity contribution >= 4 is 33.6 Å². The lowest BCUT2D eigenvalue weighted by molar-refractivity contribution is -0.143. The number of carbonyl (C=O) groups is 2. The number of carboxylic acids is 1. The van der Waals surface area contributed by atoms with Crippen LogP contribution >= 0.6 is 15.9 Å². The first-order valence-corrected chi connectivity index (χ1v) is 7.50. The molecule has 2 amide bonds. The third-order valence-corrected chi connectivity index (χ3v) is 4.18. The van der Waals surface area contributed by atoms with Gasteiger partial charge in [0, 0.05) is 11.7 Å². The van der Waals surface area contributed by atoms with Crippen molar-refractivity contribution in [3.63, 3.8) is 0 Å². The number of amides is 2. The van der Waals surface area contributed by atoms with E-state index in [-0.39, 0.29) is 6.04 Å². The predicted molar refractivity (Wildman–Crippen MR) is 79.6 cm³/mol. The van der Waals surface area contributed by atoms with Crippen LogP contribution in [0.2, 0.25) is 0 Å². The van der Waals surface area contributed by atoms with Crippen LogP contribution < -0.4 is 10.6 Å². The molecule has 0 aromatic heterocycles. The molecule has 0 saturated heterocycles. The van der Waals surface area contributed by atoms with Gasteiger partial charge < -0.3 is 15.7 Å². The molecule has 1 aromatic rings. The van der Waals surface area contributed by atoms with Crippen LogP contribution in [0.15, 0.2) is 22.7 Å². The molecule has 1 aromatic carbocycles. The van der Waals surface area contributed by atoms with Crippen molar-refractivity contribution in [3.8, 4) is 0 Å². The van der Waals surface area contributed by atoms with E-state index in [1.54, 1.807) is 6.07 Å². The Hall–Kier alpha value is -1.63. The predicted octanol–water partition coefficient (Wildman–Crippen LogP) is 3.35. The molecule has 2 atom stereocenters. The maximum absolute atomic E-state index is 13.3. The second-order valence-electron chi connectivity index (χ2n) is 5.13. The number of carboxylic acid groups (broad SMARTS) is 1. The van der Waals surface area contributed by atoms with Gasteiger partial charge in [0.15, 0.2) is 0 Å². The summed E-state index contributed by atoms with van der Waals surface area (Å²) in [6, 6.07) is 3.68. The van der Waals surface area contributed by atoms with Crippen molar-refractivity contribution in [3.05, 3.63) is 28.5 Å². The van der Waals surface area contributed by atoms with Crippen molar-refractivity contribution < 1.29 is 19.1 Å². The molecule has 1 saturated carbocycles. The SMILES string of the molecule is O=C(Nc1ccc(Br)c(F)c1)NC1CCCC(C(=O)O)C1. The second-order valence-corrected chi connectivity index (χ2v) is 5.98.